The Bertz CT molecular complexity index is 694. The number of hydrogen-bond donors (Lipinski definition) is 0. The molecule has 0 aliphatic heterocycles. The van der Waals surface area contributed by atoms with Gasteiger partial charge in [-0.15, -0.1) is 0 Å². The lowest BCUT2D eigenvalue weighted by Gasteiger charge is -2.36. The van der Waals surface area contributed by atoms with E-state index in [9.17, 15) is 8.78 Å². The van der Waals surface area contributed by atoms with Crippen LogP contribution in [0.4, 0.5) is 8.78 Å². The van der Waals surface area contributed by atoms with Crippen molar-refractivity contribution in [1.29, 1.82) is 0 Å². The van der Waals surface area contributed by atoms with Crippen molar-refractivity contribution < 1.29 is 13.2 Å². The Morgan fingerprint density at radius 1 is 1.00 bits per heavy atom. The molecule has 24 heavy (non-hydrogen) atoms. The quantitative estimate of drug-likeness (QED) is 0.668. The highest BCUT2D eigenvalue weighted by molar-refractivity contribution is 6.74. The largest absolute Gasteiger partial charge is 0.413 e. The molecule has 0 amide bonds. The predicted molar refractivity (Wildman–Crippen MR) is 95.4 cm³/mol. The Kier molecular flexibility index (Phi) is 5.55. The summed E-state index contributed by atoms with van der Waals surface area (Å²) < 4.78 is 32.4. The number of nitrogens with zero attached hydrogens (tertiary/aromatic N) is 1. The van der Waals surface area contributed by atoms with Crippen molar-refractivity contribution >= 4 is 8.32 Å². The van der Waals surface area contributed by atoms with Crippen LogP contribution in [0.15, 0.2) is 36.5 Å². The summed E-state index contributed by atoms with van der Waals surface area (Å²) in [6.45, 7) is 11.6. The van der Waals surface area contributed by atoms with Gasteiger partial charge in [0.25, 0.3) is 0 Å². The lowest BCUT2D eigenvalue weighted by atomic mass is 10.1. The molecule has 0 radical (unpaired) electrons. The molecule has 0 fully saturated rings. The van der Waals surface area contributed by atoms with Crippen LogP contribution in [0.5, 0.6) is 0 Å². The van der Waals surface area contributed by atoms with Gasteiger partial charge in [-0.3, -0.25) is 4.98 Å². The molecular formula is C19H25F2NOSi. The second-order valence-corrected chi connectivity index (χ2v) is 12.4. The minimum atomic E-state index is -1.78. The maximum atomic E-state index is 13.2. The molecule has 0 saturated heterocycles. The van der Waals surface area contributed by atoms with Gasteiger partial charge in [0, 0.05) is 18.3 Å². The molecule has 0 saturated carbocycles. The average Bonchev–Trinajstić information content (AvgIpc) is 2.49. The zero-order valence-corrected chi connectivity index (χ0v) is 16.0. The lowest BCUT2D eigenvalue weighted by molar-refractivity contribution is 0.276. The van der Waals surface area contributed by atoms with Crippen LogP contribution in [-0.4, -0.2) is 13.3 Å². The maximum Gasteiger partial charge on any atom is 0.192 e. The Hall–Kier alpha value is -1.59. The van der Waals surface area contributed by atoms with Crippen LogP contribution < -0.4 is 0 Å². The maximum absolute atomic E-state index is 13.2. The van der Waals surface area contributed by atoms with E-state index in [0.29, 0.717) is 18.6 Å². The smallest absolute Gasteiger partial charge is 0.192 e. The molecule has 130 valence electrons. The van der Waals surface area contributed by atoms with Crippen LogP contribution in [0.2, 0.25) is 18.1 Å². The van der Waals surface area contributed by atoms with Crippen LogP contribution in [0.25, 0.3) is 0 Å². The summed E-state index contributed by atoms with van der Waals surface area (Å²) in [7, 11) is -1.78. The van der Waals surface area contributed by atoms with Gasteiger partial charge in [0.1, 0.15) is 0 Å². The van der Waals surface area contributed by atoms with Gasteiger partial charge in [-0.05, 0) is 47.5 Å². The van der Waals surface area contributed by atoms with Gasteiger partial charge in [-0.2, -0.15) is 0 Å². The van der Waals surface area contributed by atoms with Crippen LogP contribution >= 0.6 is 0 Å². The molecule has 0 N–H and O–H groups in total. The number of hydrogen-bond acceptors (Lipinski definition) is 2. The first-order chi connectivity index (χ1) is 11.1. The summed E-state index contributed by atoms with van der Waals surface area (Å²) in [4.78, 5) is 4.41. The minimum Gasteiger partial charge on any atom is -0.413 e. The summed E-state index contributed by atoms with van der Waals surface area (Å²) in [5.74, 6) is -1.66. The van der Waals surface area contributed by atoms with Crippen molar-refractivity contribution in [1.82, 2.24) is 4.98 Å². The SMILES string of the molecule is CC(C)(C)[Si](C)(C)OCc1ccc(Cc2ccc(F)c(F)c2)nc1. The van der Waals surface area contributed by atoms with Gasteiger partial charge in [0.2, 0.25) is 0 Å². The van der Waals surface area contributed by atoms with Gasteiger partial charge in [0.15, 0.2) is 20.0 Å². The summed E-state index contributed by atoms with van der Waals surface area (Å²) in [5.41, 5.74) is 2.54. The van der Waals surface area contributed by atoms with Crippen molar-refractivity contribution in [2.24, 2.45) is 0 Å². The molecule has 0 aliphatic carbocycles. The monoisotopic (exact) mass is 349 g/mol. The highest BCUT2D eigenvalue weighted by Crippen LogP contribution is 2.37. The Morgan fingerprint density at radius 3 is 2.21 bits per heavy atom. The number of aromatic nitrogens is 1. The van der Waals surface area contributed by atoms with E-state index in [1.54, 1.807) is 12.3 Å². The summed E-state index contributed by atoms with van der Waals surface area (Å²) in [5, 5.41) is 0.174. The van der Waals surface area contributed by atoms with E-state index in [1.807, 2.05) is 12.1 Å². The van der Waals surface area contributed by atoms with Crippen molar-refractivity contribution in [2.75, 3.05) is 0 Å². The minimum absolute atomic E-state index is 0.174. The predicted octanol–water partition coefficient (Wildman–Crippen LogP) is 5.47. The van der Waals surface area contributed by atoms with Crippen LogP contribution in [0.3, 0.4) is 0 Å². The Balaban J connectivity index is 1.99. The molecule has 5 heteroatoms. The highest BCUT2D eigenvalue weighted by Gasteiger charge is 2.36. The summed E-state index contributed by atoms with van der Waals surface area (Å²) in [6, 6.07) is 7.83. The summed E-state index contributed by atoms with van der Waals surface area (Å²) in [6.07, 6.45) is 2.27. The van der Waals surface area contributed by atoms with E-state index in [4.69, 9.17) is 4.43 Å². The van der Waals surface area contributed by atoms with Crippen LogP contribution in [-0.2, 0) is 17.5 Å². The Morgan fingerprint density at radius 2 is 1.67 bits per heavy atom. The van der Waals surface area contributed by atoms with E-state index in [-0.39, 0.29) is 5.04 Å². The fourth-order valence-corrected chi connectivity index (χ4v) is 2.94. The molecule has 2 nitrogen and oxygen atoms in total. The van der Waals surface area contributed by atoms with E-state index in [1.165, 1.54) is 6.07 Å². The topological polar surface area (TPSA) is 22.1 Å². The van der Waals surface area contributed by atoms with Crippen LogP contribution in [0, 0.1) is 11.6 Å². The van der Waals surface area contributed by atoms with E-state index in [0.717, 1.165) is 17.3 Å². The molecule has 0 spiro atoms. The molecule has 0 bridgehead atoms. The van der Waals surface area contributed by atoms with Crippen LogP contribution in [0.1, 0.15) is 37.6 Å². The number of rotatable bonds is 5. The zero-order valence-electron chi connectivity index (χ0n) is 15.0. The fraction of sp³-hybridized carbons (Fsp3) is 0.421. The molecule has 0 aliphatic rings. The zero-order chi connectivity index (χ0) is 18.0. The lowest BCUT2D eigenvalue weighted by Crippen LogP contribution is -2.40. The molecule has 0 atom stereocenters. The van der Waals surface area contributed by atoms with E-state index < -0.39 is 20.0 Å². The molecule has 1 heterocycles. The Labute approximate surface area is 144 Å². The molecule has 2 aromatic rings. The third-order valence-corrected chi connectivity index (χ3v) is 9.14. The third-order valence-electron chi connectivity index (χ3n) is 4.66. The second kappa shape index (κ2) is 7.11. The first-order valence-corrected chi connectivity index (χ1v) is 11.0. The number of benzene rings is 1. The van der Waals surface area contributed by atoms with Gasteiger partial charge >= 0.3 is 0 Å². The first kappa shape index (κ1) is 18.7. The summed E-state index contributed by atoms with van der Waals surface area (Å²) >= 11 is 0. The van der Waals surface area contributed by atoms with Crippen molar-refractivity contribution in [3.05, 3.63) is 65.0 Å². The molecule has 1 aromatic carbocycles. The average molecular weight is 349 g/mol. The standard InChI is InChI=1S/C19H25F2NOSi/c1-19(2,3)24(4,5)23-13-15-6-8-16(22-12-15)10-14-7-9-17(20)18(21)11-14/h6-9,11-12H,10,13H2,1-5H3. The normalized spacial score (nSPS) is 12.5. The molecule has 1 aromatic heterocycles. The first-order valence-electron chi connectivity index (χ1n) is 8.10. The second-order valence-electron chi connectivity index (χ2n) is 7.63. The van der Waals surface area contributed by atoms with Gasteiger partial charge in [-0.25, -0.2) is 8.78 Å². The van der Waals surface area contributed by atoms with Crippen molar-refractivity contribution in [3.63, 3.8) is 0 Å². The fourth-order valence-electron chi connectivity index (χ4n) is 1.98. The van der Waals surface area contributed by atoms with E-state index in [2.05, 4.69) is 38.8 Å². The van der Waals surface area contributed by atoms with Crippen molar-refractivity contribution in [3.8, 4) is 0 Å². The van der Waals surface area contributed by atoms with Gasteiger partial charge in [-0.1, -0.05) is 32.9 Å². The number of pyridine rings is 1. The van der Waals surface area contributed by atoms with E-state index >= 15 is 0 Å². The molecule has 2 rings (SSSR count). The third kappa shape index (κ3) is 4.71. The van der Waals surface area contributed by atoms with Gasteiger partial charge in [0.05, 0.1) is 6.61 Å². The molecular weight excluding hydrogens is 324 g/mol. The molecule has 0 unspecified atom stereocenters. The highest BCUT2D eigenvalue weighted by atomic mass is 28.4. The number of halogens is 2. The van der Waals surface area contributed by atoms with Crippen molar-refractivity contribution in [2.45, 2.75) is 51.9 Å². The van der Waals surface area contributed by atoms with Gasteiger partial charge < -0.3 is 4.43 Å².